The number of hydrazine groups is 1. The highest BCUT2D eigenvalue weighted by Gasteiger charge is 2.09. The molecule has 29 heavy (non-hydrogen) atoms. The Morgan fingerprint density at radius 2 is 1.79 bits per heavy atom. The molecule has 2 amide bonds. The third-order valence-electron chi connectivity index (χ3n) is 4.03. The zero-order valence-electron chi connectivity index (χ0n) is 16.3. The molecule has 0 saturated heterocycles. The van der Waals surface area contributed by atoms with Gasteiger partial charge in [-0.15, -0.1) is 0 Å². The van der Waals surface area contributed by atoms with Gasteiger partial charge in [-0.3, -0.25) is 20.4 Å². The second kappa shape index (κ2) is 11.5. The lowest BCUT2D eigenvalue weighted by molar-refractivity contribution is -0.124. The number of hydrogen-bond donors (Lipinski definition) is 3. The van der Waals surface area contributed by atoms with Crippen LogP contribution in [0.4, 0.5) is 0 Å². The van der Waals surface area contributed by atoms with Crippen LogP contribution in [0.1, 0.15) is 37.3 Å². The topological polar surface area (TPSA) is 79.5 Å². The summed E-state index contributed by atoms with van der Waals surface area (Å²) in [6, 6.07) is 15.4. The molecule has 154 valence electrons. The van der Waals surface area contributed by atoms with Crippen LogP contribution in [-0.4, -0.2) is 23.5 Å². The number of carbonyl (C=O) groups is 2. The molecule has 0 heterocycles. The molecular formula is C21H24BrN3O3S. The Morgan fingerprint density at radius 3 is 2.45 bits per heavy atom. The monoisotopic (exact) mass is 477 g/mol. The first kappa shape index (κ1) is 22.8. The van der Waals surface area contributed by atoms with Gasteiger partial charge in [0, 0.05) is 6.42 Å². The number of benzene rings is 2. The van der Waals surface area contributed by atoms with Crippen LogP contribution < -0.4 is 20.9 Å². The number of carbonyl (C=O) groups excluding carboxylic acids is 2. The maximum atomic E-state index is 11.9. The lowest BCUT2D eigenvalue weighted by Gasteiger charge is -2.13. The summed E-state index contributed by atoms with van der Waals surface area (Å²) in [7, 11) is 0. The summed E-state index contributed by atoms with van der Waals surface area (Å²) in [5.74, 6) is 0.315. The number of ether oxygens (including phenoxy) is 1. The van der Waals surface area contributed by atoms with Crippen molar-refractivity contribution in [1.82, 2.24) is 16.2 Å². The van der Waals surface area contributed by atoms with E-state index in [2.05, 4.69) is 45.9 Å². The summed E-state index contributed by atoms with van der Waals surface area (Å²) in [5, 5.41) is 2.55. The quantitative estimate of drug-likeness (QED) is 0.419. The first-order chi connectivity index (χ1) is 13.8. The molecule has 0 atom stereocenters. The smallest absolute Gasteiger partial charge is 0.276 e. The van der Waals surface area contributed by atoms with Crippen molar-refractivity contribution >= 4 is 45.1 Å². The van der Waals surface area contributed by atoms with Crippen molar-refractivity contribution in [2.45, 2.75) is 32.6 Å². The summed E-state index contributed by atoms with van der Waals surface area (Å²) in [6.07, 6.45) is 0.906. The molecule has 0 aliphatic heterocycles. The van der Waals surface area contributed by atoms with Crippen molar-refractivity contribution in [3.05, 3.63) is 64.1 Å². The van der Waals surface area contributed by atoms with E-state index in [0.29, 0.717) is 24.5 Å². The van der Waals surface area contributed by atoms with Crippen LogP contribution >= 0.6 is 28.1 Å². The standard InChI is InChI=1S/C21H24BrN3O3S/c1-14(2)16-9-10-18(17(22)12-16)28-13-20(27)24-25-21(29)23-19(26)11-8-15-6-4-3-5-7-15/h3-7,9-10,12,14H,8,11,13H2,1-2H3,(H,24,27)(H2,23,25,26,29). The molecule has 0 spiro atoms. The van der Waals surface area contributed by atoms with Gasteiger partial charge in [0.05, 0.1) is 4.47 Å². The summed E-state index contributed by atoms with van der Waals surface area (Å²) in [5.41, 5.74) is 7.13. The van der Waals surface area contributed by atoms with Gasteiger partial charge >= 0.3 is 0 Å². The van der Waals surface area contributed by atoms with E-state index in [1.165, 1.54) is 5.56 Å². The summed E-state index contributed by atoms with van der Waals surface area (Å²) in [4.78, 5) is 23.8. The zero-order chi connectivity index (χ0) is 21.2. The molecule has 0 fully saturated rings. The van der Waals surface area contributed by atoms with Crippen molar-refractivity contribution < 1.29 is 14.3 Å². The van der Waals surface area contributed by atoms with E-state index in [1.54, 1.807) is 0 Å². The largest absolute Gasteiger partial charge is 0.483 e. The van der Waals surface area contributed by atoms with Crippen molar-refractivity contribution in [2.24, 2.45) is 0 Å². The summed E-state index contributed by atoms with van der Waals surface area (Å²) < 4.78 is 6.29. The number of aryl methyl sites for hydroxylation is 1. The highest BCUT2D eigenvalue weighted by molar-refractivity contribution is 9.10. The number of amides is 2. The van der Waals surface area contributed by atoms with Gasteiger partial charge in [-0.25, -0.2) is 0 Å². The Morgan fingerprint density at radius 1 is 1.07 bits per heavy atom. The predicted molar refractivity (Wildman–Crippen MR) is 121 cm³/mol. The van der Waals surface area contributed by atoms with Gasteiger partial charge in [-0.05, 0) is 63.7 Å². The molecule has 0 aromatic heterocycles. The maximum absolute atomic E-state index is 11.9. The molecule has 8 heteroatoms. The average molecular weight is 478 g/mol. The minimum Gasteiger partial charge on any atom is -0.483 e. The van der Waals surface area contributed by atoms with Crippen LogP contribution in [-0.2, 0) is 16.0 Å². The first-order valence-electron chi connectivity index (χ1n) is 9.20. The van der Waals surface area contributed by atoms with E-state index >= 15 is 0 Å². The number of thiocarbonyl (C=S) groups is 1. The van der Waals surface area contributed by atoms with Gasteiger partial charge in [0.2, 0.25) is 5.91 Å². The van der Waals surface area contributed by atoms with E-state index in [-0.39, 0.29) is 17.6 Å². The van der Waals surface area contributed by atoms with Crippen LogP contribution in [0.5, 0.6) is 5.75 Å². The first-order valence-corrected chi connectivity index (χ1v) is 10.4. The van der Waals surface area contributed by atoms with Gasteiger partial charge < -0.3 is 10.1 Å². The van der Waals surface area contributed by atoms with Crippen LogP contribution in [0.15, 0.2) is 53.0 Å². The molecule has 0 bridgehead atoms. The Kier molecular flexibility index (Phi) is 9.08. The molecule has 0 radical (unpaired) electrons. The Bertz CT molecular complexity index is 860. The van der Waals surface area contributed by atoms with Crippen molar-refractivity contribution in [3.8, 4) is 5.75 Å². The van der Waals surface area contributed by atoms with Crippen LogP contribution in [0, 0.1) is 0 Å². The van der Waals surface area contributed by atoms with E-state index < -0.39 is 5.91 Å². The predicted octanol–water partition coefficient (Wildman–Crippen LogP) is 3.61. The highest BCUT2D eigenvalue weighted by atomic mass is 79.9. The molecule has 6 nitrogen and oxygen atoms in total. The maximum Gasteiger partial charge on any atom is 0.276 e. The molecule has 0 aliphatic rings. The van der Waals surface area contributed by atoms with Crippen LogP contribution in [0.25, 0.3) is 0 Å². The molecule has 2 aromatic carbocycles. The average Bonchev–Trinajstić information content (AvgIpc) is 2.70. The van der Waals surface area contributed by atoms with Gasteiger partial charge in [0.15, 0.2) is 11.7 Å². The van der Waals surface area contributed by atoms with Gasteiger partial charge in [-0.2, -0.15) is 0 Å². The van der Waals surface area contributed by atoms with Gasteiger partial charge in [0.25, 0.3) is 5.91 Å². The molecule has 2 rings (SSSR count). The van der Waals surface area contributed by atoms with E-state index in [9.17, 15) is 9.59 Å². The van der Waals surface area contributed by atoms with Crippen LogP contribution in [0.3, 0.4) is 0 Å². The fraction of sp³-hybridized carbons (Fsp3) is 0.286. The lowest BCUT2D eigenvalue weighted by Crippen LogP contribution is -2.49. The van der Waals surface area contributed by atoms with E-state index in [0.717, 1.165) is 10.0 Å². The minimum absolute atomic E-state index is 0.0267. The molecule has 0 saturated carbocycles. The number of hydrogen-bond acceptors (Lipinski definition) is 4. The summed E-state index contributed by atoms with van der Waals surface area (Å²) in [6.45, 7) is 4.01. The second-order valence-corrected chi connectivity index (χ2v) is 7.93. The highest BCUT2D eigenvalue weighted by Crippen LogP contribution is 2.28. The Balaban J connectivity index is 1.68. The molecule has 0 unspecified atom stereocenters. The Hall–Kier alpha value is -2.45. The fourth-order valence-electron chi connectivity index (χ4n) is 2.42. The third-order valence-corrected chi connectivity index (χ3v) is 4.86. The molecule has 0 aliphatic carbocycles. The zero-order valence-corrected chi connectivity index (χ0v) is 18.7. The van der Waals surface area contributed by atoms with Crippen molar-refractivity contribution in [1.29, 1.82) is 0 Å². The fourth-order valence-corrected chi connectivity index (χ4v) is 3.10. The number of halogens is 1. The van der Waals surface area contributed by atoms with Crippen molar-refractivity contribution in [3.63, 3.8) is 0 Å². The molecular weight excluding hydrogens is 454 g/mol. The SMILES string of the molecule is CC(C)c1ccc(OCC(=O)NNC(=S)NC(=O)CCc2ccccc2)c(Br)c1. The van der Waals surface area contributed by atoms with E-state index in [1.807, 2.05) is 48.5 Å². The third kappa shape index (κ3) is 8.21. The lowest BCUT2D eigenvalue weighted by atomic mass is 10.0. The van der Waals surface area contributed by atoms with Crippen LogP contribution in [0.2, 0.25) is 0 Å². The number of rotatable bonds is 7. The van der Waals surface area contributed by atoms with Crippen molar-refractivity contribution in [2.75, 3.05) is 6.61 Å². The van der Waals surface area contributed by atoms with E-state index in [4.69, 9.17) is 17.0 Å². The second-order valence-electron chi connectivity index (χ2n) is 6.67. The van der Waals surface area contributed by atoms with Gasteiger partial charge in [0.1, 0.15) is 5.75 Å². The minimum atomic E-state index is -0.425. The normalized spacial score (nSPS) is 10.3. The molecule has 3 N–H and O–H groups in total. The summed E-state index contributed by atoms with van der Waals surface area (Å²) >= 11 is 8.46. The number of nitrogens with one attached hydrogen (secondary N) is 3. The van der Waals surface area contributed by atoms with Gasteiger partial charge in [-0.1, -0.05) is 50.2 Å². The Labute approximate surface area is 184 Å². The molecule has 2 aromatic rings.